The van der Waals surface area contributed by atoms with E-state index in [9.17, 15) is 18.0 Å². The van der Waals surface area contributed by atoms with E-state index in [-0.39, 0.29) is 23.1 Å². The number of carbonyl (C=O) groups excluding carboxylic acids is 1. The number of aromatic nitrogens is 1. The zero-order valence-corrected chi connectivity index (χ0v) is 16.9. The molecule has 2 fully saturated rings. The fourth-order valence-electron chi connectivity index (χ4n) is 3.68. The highest BCUT2D eigenvalue weighted by atomic mass is 19.4. The predicted octanol–water partition coefficient (Wildman–Crippen LogP) is 4.44. The minimum Gasteiger partial charge on any atom is -0.488 e. The molecule has 1 saturated heterocycles. The summed E-state index contributed by atoms with van der Waals surface area (Å²) in [6.45, 7) is 5.78. The summed E-state index contributed by atoms with van der Waals surface area (Å²) in [5.74, 6) is 0.364. The molecule has 0 unspecified atom stereocenters. The molecule has 3 rings (SSSR count). The summed E-state index contributed by atoms with van der Waals surface area (Å²) in [6, 6.07) is 3.15. The molecule has 2 aliphatic rings. The average Bonchev–Trinajstić information content (AvgIpc) is 3.29. The van der Waals surface area contributed by atoms with Gasteiger partial charge in [0.25, 0.3) is 5.88 Å². The van der Waals surface area contributed by atoms with E-state index < -0.39 is 18.4 Å². The molecule has 1 aliphatic heterocycles. The number of ether oxygens (including phenoxy) is 3. The molecule has 1 saturated carbocycles. The summed E-state index contributed by atoms with van der Waals surface area (Å²) in [4.78, 5) is 17.8. The highest BCUT2D eigenvalue weighted by Crippen LogP contribution is 2.59. The molecule has 1 atom stereocenters. The zero-order valence-electron chi connectivity index (χ0n) is 16.9. The van der Waals surface area contributed by atoms with Crippen LogP contribution in [0.2, 0.25) is 0 Å². The molecule has 9 heteroatoms. The van der Waals surface area contributed by atoms with Crippen molar-refractivity contribution in [2.75, 3.05) is 26.3 Å². The lowest BCUT2D eigenvalue weighted by Crippen LogP contribution is -2.42. The number of piperidine rings is 1. The third-order valence-electron chi connectivity index (χ3n) is 5.32. The van der Waals surface area contributed by atoms with Crippen molar-refractivity contribution in [3.63, 3.8) is 0 Å². The second-order valence-electron chi connectivity index (χ2n) is 8.75. The van der Waals surface area contributed by atoms with Crippen LogP contribution in [-0.4, -0.2) is 54.1 Å². The second kappa shape index (κ2) is 7.91. The Morgan fingerprint density at radius 1 is 1.24 bits per heavy atom. The Balaban J connectivity index is 1.47. The van der Waals surface area contributed by atoms with Gasteiger partial charge in [-0.15, -0.1) is 0 Å². The Morgan fingerprint density at radius 3 is 2.55 bits per heavy atom. The van der Waals surface area contributed by atoms with Gasteiger partial charge in [-0.05, 0) is 63.5 Å². The van der Waals surface area contributed by atoms with E-state index in [4.69, 9.17) is 14.2 Å². The lowest BCUT2D eigenvalue weighted by Gasteiger charge is -2.34. The normalized spacial score (nSPS) is 21.0. The monoisotopic (exact) mass is 416 g/mol. The first-order valence-corrected chi connectivity index (χ1v) is 9.73. The molecule has 1 aliphatic carbocycles. The minimum atomic E-state index is -4.43. The number of pyridine rings is 1. The van der Waals surface area contributed by atoms with Gasteiger partial charge in [-0.1, -0.05) is 0 Å². The highest BCUT2D eigenvalue weighted by Gasteiger charge is 2.55. The fourth-order valence-corrected chi connectivity index (χ4v) is 3.68. The topological polar surface area (TPSA) is 60.9 Å². The lowest BCUT2D eigenvalue weighted by molar-refractivity contribution is -0.154. The average molecular weight is 416 g/mol. The minimum absolute atomic E-state index is 0.133. The van der Waals surface area contributed by atoms with Crippen molar-refractivity contribution in [1.82, 2.24) is 9.88 Å². The zero-order chi connectivity index (χ0) is 21.3. The molecule has 1 amide bonds. The summed E-state index contributed by atoms with van der Waals surface area (Å²) in [6.07, 6.45) is -0.646. The third kappa shape index (κ3) is 5.90. The molecule has 0 N–H and O–H groups in total. The van der Waals surface area contributed by atoms with Gasteiger partial charge in [-0.25, -0.2) is 9.78 Å². The van der Waals surface area contributed by atoms with Crippen LogP contribution in [0.15, 0.2) is 18.3 Å². The Kier molecular flexibility index (Phi) is 5.87. The standard InChI is InChI=1S/C20H27F3N2O4/c1-18(2,3)29-17(26)25-9-6-19(7-10-25)11-14(19)12-27-15-5-4-8-24-16(15)28-13-20(21,22)23/h4-5,8,14H,6-7,9-13H2,1-3H3/t14-/m0/s1. The van der Waals surface area contributed by atoms with Crippen molar-refractivity contribution in [2.24, 2.45) is 11.3 Å². The lowest BCUT2D eigenvalue weighted by atomic mass is 9.91. The van der Waals surface area contributed by atoms with Crippen molar-refractivity contribution in [2.45, 2.75) is 51.8 Å². The van der Waals surface area contributed by atoms with Gasteiger partial charge in [0.05, 0.1) is 6.61 Å². The van der Waals surface area contributed by atoms with Gasteiger partial charge in [0, 0.05) is 19.3 Å². The molecule has 29 heavy (non-hydrogen) atoms. The van der Waals surface area contributed by atoms with Crippen molar-refractivity contribution < 1.29 is 32.2 Å². The van der Waals surface area contributed by atoms with Gasteiger partial charge in [0.15, 0.2) is 12.4 Å². The van der Waals surface area contributed by atoms with E-state index in [0.29, 0.717) is 25.6 Å². The number of alkyl halides is 3. The van der Waals surface area contributed by atoms with Crippen LogP contribution in [0, 0.1) is 11.3 Å². The molecule has 1 aromatic heterocycles. The van der Waals surface area contributed by atoms with Crippen LogP contribution in [-0.2, 0) is 4.74 Å². The first-order chi connectivity index (χ1) is 13.5. The van der Waals surface area contributed by atoms with Crippen LogP contribution in [0.1, 0.15) is 40.0 Å². The maximum absolute atomic E-state index is 12.4. The SMILES string of the molecule is CC(C)(C)OC(=O)N1CCC2(CC1)C[C@H]2COc1cccnc1OCC(F)(F)F. The van der Waals surface area contributed by atoms with Crippen LogP contribution < -0.4 is 9.47 Å². The van der Waals surface area contributed by atoms with Gasteiger partial charge < -0.3 is 19.1 Å². The van der Waals surface area contributed by atoms with Crippen LogP contribution in [0.5, 0.6) is 11.6 Å². The number of carbonyl (C=O) groups is 1. The molecule has 1 aromatic rings. The molecule has 162 valence electrons. The van der Waals surface area contributed by atoms with Crippen LogP contribution >= 0.6 is 0 Å². The third-order valence-corrected chi connectivity index (χ3v) is 5.32. The molecule has 0 aromatic carbocycles. The van der Waals surface area contributed by atoms with E-state index in [0.717, 1.165) is 19.3 Å². The van der Waals surface area contributed by atoms with E-state index in [1.165, 1.54) is 6.20 Å². The summed E-state index contributed by atoms with van der Waals surface area (Å²) in [5, 5.41) is 0. The molecular weight excluding hydrogens is 389 g/mol. The first-order valence-electron chi connectivity index (χ1n) is 9.73. The number of hydrogen-bond acceptors (Lipinski definition) is 5. The maximum atomic E-state index is 12.4. The van der Waals surface area contributed by atoms with Crippen molar-refractivity contribution >= 4 is 6.09 Å². The Hall–Kier alpha value is -2.19. The number of halogens is 3. The smallest absolute Gasteiger partial charge is 0.422 e. The summed E-state index contributed by atoms with van der Waals surface area (Å²) in [5.41, 5.74) is -0.383. The molecule has 0 radical (unpaired) electrons. The van der Waals surface area contributed by atoms with Crippen molar-refractivity contribution in [1.29, 1.82) is 0 Å². The fraction of sp³-hybridized carbons (Fsp3) is 0.700. The highest BCUT2D eigenvalue weighted by molar-refractivity contribution is 5.68. The predicted molar refractivity (Wildman–Crippen MR) is 98.9 cm³/mol. The molecule has 2 heterocycles. The largest absolute Gasteiger partial charge is 0.488 e. The van der Waals surface area contributed by atoms with Crippen molar-refractivity contribution in [3.05, 3.63) is 18.3 Å². The number of hydrogen-bond donors (Lipinski definition) is 0. The van der Waals surface area contributed by atoms with Gasteiger partial charge in [-0.2, -0.15) is 13.2 Å². The van der Waals surface area contributed by atoms with Gasteiger partial charge in [0.2, 0.25) is 0 Å². The summed E-state index contributed by atoms with van der Waals surface area (Å²) < 4.78 is 53.1. The molecule has 6 nitrogen and oxygen atoms in total. The van der Waals surface area contributed by atoms with Crippen LogP contribution in [0.25, 0.3) is 0 Å². The first kappa shape index (κ1) is 21.5. The molecular formula is C20H27F3N2O4. The quantitative estimate of drug-likeness (QED) is 0.710. The Bertz CT molecular complexity index is 725. The number of rotatable bonds is 5. The number of nitrogens with zero attached hydrogens (tertiary/aromatic N) is 2. The van der Waals surface area contributed by atoms with Crippen LogP contribution in [0.3, 0.4) is 0 Å². The Morgan fingerprint density at radius 2 is 1.93 bits per heavy atom. The molecule has 1 spiro atoms. The van der Waals surface area contributed by atoms with Crippen LogP contribution in [0.4, 0.5) is 18.0 Å². The van der Waals surface area contributed by atoms with Gasteiger partial charge in [-0.3, -0.25) is 0 Å². The molecule has 0 bridgehead atoms. The van der Waals surface area contributed by atoms with E-state index >= 15 is 0 Å². The van der Waals surface area contributed by atoms with Crippen molar-refractivity contribution in [3.8, 4) is 11.6 Å². The number of likely N-dealkylation sites (tertiary alicyclic amines) is 1. The summed E-state index contributed by atoms with van der Waals surface area (Å²) in [7, 11) is 0. The van der Waals surface area contributed by atoms with Gasteiger partial charge >= 0.3 is 12.3 Å². The summed E-state index contributed by atoms with van der Waals surface area (Å²) >= 11 is 0. The van der Waals surface area contributed by atoms with Gasteiger partial charge in [0.1, 0.15) is 5.60 Å². The van der Waals surface area contributed by atoms with E-state index in [2.05, 4.69) is 4.98 Å². The maximum Gasteiger partial charge on any atom is 0.422 e. The second-order valence-corrected chi connectivity index (χ2v) is 8.75. The number of amides is 1. The Labute approximate surface area is 168 Å². The van der Waals surface area contributed by atoms with E-state index in [1.807, 2.05) is 20.8 Å². The van der Waals surface area contributed by atoms with E-state index in [1.54, 1.807) is 17.0 Å².